The summed E-state index contributed by atoms with van der Waals surface area (Å²) in [5.74, 6) is -1.76. The van der Waals surface area contributed by atoms with Gasteiger partial charge in [0.05, 0.1) is 5.69 Å². The zero-order valence-corrected chi connectivity index (χ0v) is 12.1. The number of nitrogens with one attached hydrogen (secondary N) is 1. The summed E-state index contributed by atoms with van der Waals surface area (Å²) >= 11 is 3.40. The summed E-state index contributed by atoms with van der Waals surface area (Å²) in [6, 6.07) is 10.6. The summed E-state index contributed by atoms with van der Waals surface area (Å²) in [7, 11) is 0. The van der Waals surface area contributed by atoms with E-state index < -0.39 is 11.6 Å². The second-order valence-corrected chi connectivity index (χ2v) is 5.12. The minimum atomic E-state index is -0.778. The molecule has 0 heterocycles. The van der Waals surface area contributed by atoms with Crippen LogP contribution in [0.3, 0.4) is 0 Å². The largest absolute Gasteiger partial charge is 0.324 e. The highest BCUT2D eigenvalue weighted by Crippen LogP contribution is 2.18. The summed E-state index contributed by atoms with van der Waals surface area (Å²) in [5.41, 5.74) is 0.991. The minimum Gasteiger partial charge on any atom is -0.324 e. The Kier molecular flexibility index (Phi) is 4.84. The summed E-state index contributed by atoms with van der Waals surface area (Å²) in [6.45, 7) is 0. The lowest BCUT2D eigenvalue weighted by Gasteiger charge is -2.07. The van der Waals surface area contributed by atoms with Crippen molar-refractivity contribution in [3.63, 3.8) is 0 Å². The zero-order chi connectivity index (χ0) is 14.5. The topological polar surface area (TPSA) is 29.1 Å². The molecule has 1 amide bonds. The Morgan fingerprint density at radius 2 is 1.90 bits per heavy atom. The van der Waals surface area contributed by atoms with Crippen LogP contribution in [-0.4, -0.2) is 5.91 Å². The van der Waals surface area contributed by atoms with Crippen LogP contribution in [0.2, 0.25) is 0 Å². The van der Waals surface area contributed by atoms with Gasteiger partial charge in [-0.25, -0.2) is 8.78 Å². The maximum Gasteiger partial charge on any atom is 0.224 e. The van der Waals surface area contributed by atoms with Crippen molar-refractivity contribution in [2.24, 2.45) is 0 Å². The van der Waals surface area contributed by atoms with Crippen molar-refractivity contribution in [2.45, 2.75) is 12.8 Å². The SMILES string of the molecule is O=C(CCc1ccccc1Br)Nc1ccc(F)cc1F. The van der Waals surface area contributed by atoms with E-state index in [9.17, 15) is 13.6 Å². The van der Waals surface area contributed by atoms with E-state index >= 15 is 0 Å². The molecular formula is C15H12BrF2NO. The van der Waals surface area contributed by atoms with E-state index in [1.165, 1.54) is 6.07 Å². The van der Waals surface area contributed by atoms with Gasteiger partial charge in [-0.15, -0.1) is 0 Å². The van der Waals surface area contributed by atoms with Gasteiger partial charge >= 0.3 is 0 Å². The fourth-order valence-electron chi connectivity index (χ4n) is 1.75. The lowest BCUT2D eigenvalue weighted by molar-refractivity contribution is -0.116. The third-order valence-electron chi connectivity index (χ3n) is 2.78. The molecule has 0 fully saturated rings. The van der Waals surface area contributed by atoms with E-state index in [2.05, 4.69) is 21.2 Å². The molecule has 0 radical (unpaired) electrons. The molecule has 2 aromatic rings. The molecule has 0 spiro atoms. The third-order valence-corrected chi connectivity index (χ3v) is 3.56. The molecule has 0 unspecified atom stereocenters. The molecule has 1 N–H and O–H groups in total. The Labute approximate surface area is 123 Å². The van der Waals surface area contributed by atoms with E-state index in [4.69, 9.17) is 0 Å². The van der Waals surface area contributed by atoms with Gasteiger partial charge < -0.3 is 5.32 Å². The first-order valence-electron chi connectivity index (χ1n) is 6.04. The number of benzene rings is 2. The van der Waals surface area contributed by atoms with Crippen LogP contribution in [0.15, 0.2) is 46.9 Å². The average Bonchev–Trinajstić information content (AvgIpc) is 2.41. The zero-order valence-electron chi connectivity index (χ0n) is 10.5. The number of hydrogen-bond acceptors (Lipinski definition) is 1. The van der Waals surface area contributed by atoms with Crippen LogP contribution in [0, 0.1) is 11.6 Å². The predicted octanol–water partition coefficient (Wildman–Crippen LogP) is 4.30. The van der Waals surface area contributed by atoms with E-state index in [0.29, 0.717) is 6.42 Å². The van der Waals surface area contributed by atoms with Crippen LogP contribution in [0.4, 0.5) is 14.5 Å². The molecule has 0 aromatic heterocycles. The molecule has 0 aliphatic heterocycles. The fraction of sp³-hybridized carbons (Fsp3) is 0.133. The lowest BCUT2D eigenvalue weighted by atomic mass is 10.1. The van der Waals surface area contributed by atoms with Crippen molar-refractivity contribution >= 4 is 27.5 Å². The van der Waals surface area contributed by atoms with Gasteiger partial charge in [-0.2, -0.15) is 0 Å². The number of carbonyl (C=O) groups is 1. The number of hydrogen-bond donors (Lipinski definition) is 1. The predicted molar refractivity (Wildman–Crippen MR) is 77.5 cm³/mol. The Balaban J connectivity index is 1.94. The number of halogens is 3. The monoisotopic (exact) mass is 339 g/mol. The molecule has 0 atom stereocenters. The molecule has 0 saturated carbocycles. The van der Waals surface area contributed by atoms with Gasteiger partial charge in [0, 0.05) is 17.0 Å². The van der Waals surface area contributed by atoms with Gasteiger partial charge in [-0.1, -0.05) is 34.1 Å². The van der Waals surface area contributed by atoms with Gasteiger partial charge in [0.2, 0.25) is 5.91 Å². The number of anilines is 1. The second kappa shape index (κ2) is 6.61. The van der Waals surface area contributed by atoms with Gasteiger partial charge in [-0.05, 0) is 30.2 Å². The van der Waals surface area contributed by atoms with Crippen LogP contribution in [-0.2, 0) is 11.2 Å². The normalized spacial score (nSPS) is 10.3. The average molecular weight is 340 g/mol. The van der Waals surface area contributed by atoms with Crippen molar-refractivity contribution < 1.29 is 13.6 Å². The number of carbonyl (C=O) groups excluding carboxylic acids is 1. The number of amides is 1. The van der Waals surface area contributed by atoms with Crippen molar-refractivity contribution in [3.8, 4) is 0 Å². The molecule has 2 nitrogen and oxygen atoms in total. The highest BCUT2D eigenvalue weighted by molar-refractivity contribution is 9.10. The summed E-state index contributed by atoms with van der Waals surface area (Å²) in [6.07, 6.45) is 0.759. The number of rotatable bonds is 4. The summed E-state index contributed by atoms with van der Waals surface area (Å²) in [4.78, 5) is 11.7. The van der Waals surface area contributed by atoms with Gasteiger partial charge in [0.15, 0.2) is 0 Å². The molecule has 2 rings (SSSR count). The molecule has 104 valence electrons. The van der Waals surface area contributed by atoms with E-state index in [1.807, 2.05) is 24.3 Å². The third kappa shape index (κ3) is 3.87. The van der Waals surface area contributed by atoms with Crippen LogP contribution in [0.1, 0.15) is 12.0 Å². The first-order chi connectivity index (χ1) is 9.56. The summed E-state index contributed by atoms with van der Waals surface area (Å²) < 4.78 is 27.0. The van der Waals surface area contributed by atoms with Crippen LogP contribution < -0.4 is 5.32 Å². The molecule has 0 aliphatic rings. The van der Waals surface area contributed by atoms with E-state index in [1.54, 1.807) is 0 Å². The molecular weight excluding hydrogens is 328 g/mol. The van der Waals surface area contributed by atoms with E-state index in [0.717, 1.165) is 22.2 Å². The van der Waals surface area contributed by atoms with Crippen molar-refractivity contribution in [1.29, 1.82) is 0 Å². The molecule has 20 heavy (non-hydrogen) atoms. The molecule has 0 saturated heterocycles. The Bertz CT molecular complexity index is 631. The van der Waals surface area contributed by atoms with Gasteiger partial charge in [0.1, 0.15) is 11.6 Å². The van der Waals surface area contributed by atoms with Crippen LogP contribution in [0.25, 0.3) is 0 Å². The fourth-order valence-corrected chi connectivity index (χ4v) is 2.24. The Morgan fingerprint density at radius 1 is 1.15 bits per heavy atom. The van der Waals surface area contributed by atoms with Gasteiger partial charge in [-0.3, -0.25) is 4.79 Å². The van der Waals surface area contributed by atoms with Gasteiger partial charge in [0.25, 0.3) is 0 Å². The smallest absolute Gasteiger partial charge is 0.224 e. The Hall–Kier alpha value is -1.75. The van der Waals surface area contributed by atoms with Crippen molar-refractivity contribution in [2.75, 3.05) is 5.32 Å². The van der Waals surface area contributed by atoms with Crippen molar-refractivity contribution in [3.05, 3.63) is 64.1 Å². The maximum atomic E-state index is 13.4. The molecule has 5 heteroatoms. The quantitative estimate of drug-likeness (QED) is 0.884. The van der Waals surface area contributed by atoms with Crippen LogP contribution in [0.5, 0.6) is 0 Å². The standard InChI is InChI=1S/C15H12BrF2NO/c16-12-4-2-1-3-10(12)5-8-15(20)19-14-7-6-11(17)9-13(14)18/h1-4,6-7,9H,5,8H2,(H,19,20). The minimum absolute atomic E-state index is 0.0106. The highest BCUT2D eigenvalue weighted by Gasteiger charge is 2.09. The van der Waals surface area contributed by atoms with Crippen LogP contribution >= 0.6 is 15.9 Å². The molecule has 0 bridgehead atoms. The van der Waals surface area contributed by atoms with Crippen molar-refractivity contribution in [1.82, 2.24) is 0 Å². The highest BCUT2D eigenvalue weighted by atomic mass is 79.9. The summed E-state index contributed by atoms with van der Waals surface area (Å²) in [5, 5.41) is 2.43. The lowest BCUT2D eigenvalue weighted by Crippen LogP contribution is -2.13. The molecule has 2 aromatic carbocycles. The maximum absolute atomic E-state index is 13.4. The Morgan fingerprint density at radius 3 is 2.60 bits per heavy atom. The molecule has 0 aliphatic carbocycles. The first kappa shape index (κ1) is 14.7. The first-order valence-corrected chi connectivity index (χ1v) is 6.84. The number of aryl methyl sites for hydroxylation is 1. The second-order valence-electron chi connectivity index (χ2n) is 4.26. The van der Waals surface area contributed by atoms with E-state index in [-0.39, 0.29) is 18.0 Å².